The van der Waals surface area contributed by atoms with Crippen molar-refractivity contribution in [2.24, 2.45) is 18.4 Å². The van der Waals surface area contributed by atoms with Crippen LogP contribution in [0, 0.1) is 11.3 Å². The molecule has 7 heterocycles. The second-order valence-corrected chi connectivity index (χ2v) is 20.9. The van der Waals surface area contributed by atoms with E-state index in [0.717, 1.165) is 61.0 Å². The van der Waals surface area contributed by atoms with Crippen LogP contribution in [0.5, 0.6) is 0 Å². The number of carbonyl (C=O) groups is 4. The molecule has 61 heavy (non-hydrogen) atoms. The van der Waals surface area contributed by atoms with Gasteiger partial charge in [0.15, 0.2) is 0 Å². The van der Waals surface area contributed by atoms with Crippen molar-refractivity contribution in [2.75, 3.05) is 49.5 Å². The van der Waals surface area contributed by atoms with Gasteiger partial charge in [0.2, 0.25) is 29.6 Å². The van der Waals surface area contributed by atoms with Crippen LogP contribution in [0.2, 0.25) is 0 Å². The first-order chi connectivity index (χ1) is 29.3. The van der Waals surface area contributed by atoms with Crippen molar-refractivity contribution in [1.29, 1.82) is 0 Å². The van der Waals surface area contributed by atoms with Crippen LogP contribution in [-0.4, -0.2) is 116 Å². The maximum atomic E-state index is 14.0. The van der Waals surface area contributed by atoms with Crippen molar-refractivity contribution in [2.45, 2.75) is 120 Å². The average Bonchev–Trinajstić information content (AvgIpc) is 3.52. The molecule has 2 aromatic heterocycles. The van der Waals surface area contributed by atoms with Gasteiger partial charge in [-0.3, -0.25) is 38.5 Å². The minimum Gasteiger partial charge on any atom is -0.351 e. The molecule has 0 radical (unpaired) electrons. The molecule has 7 aliphatic rings. The van der Waals surface area contributed by atoms with Gasteiger partial charge in [0.25, 0.3) is 10.2 Å². The fourth-order valence-corrected chi connectivity index (χ4v) is 13.3. The van der Waals surface area contributed by atoms with E-state index in [2.05, 4.69) is 22.5 Å². The Kier molecular flexibility index (Phi) is 9.93. The van der Waals surface area contributed by atoms with Crippen molar-refractivity contribution in [1.82, 2.24) is 37.9 Å². The molecule has 4 atom stereocenters. The van der Waals surface area contributed by atoms with Crippen molar-refractivity contribution in [3.05, 3.63) is 46.0 Å². The van der Waals surface area contributed by atoms with Crippen LogP contribution < -0.4 is 21.2 Å². The van der Waals surface area contributed by atoms with Crippen molar-refractivity contribution in [3.8, 4) is 0 Å². The number of benzene rings is 1. The number of anilines is 2. The molecule has 18 heteroatoms. The van der Waals surface area contributed by atoms with Gasteiger partial charge in [-0.2, -0.15) is 22.0 Å². The largest absolute Gasteiger partial charge is 0.351 e. The standard InChI is InChI=1S/C43H56N10O7S/c1-27-6-3-9-31(27)53-37-30(43(16-17-43)39(53)57)24-44-40(47-37)45-29-14-20-50(21-15-29)61(59,60)51-23-19-42(26-51)18-22-49(25-42)35(55)11-5-8-28-7-4-10-32-36(28)48(2)41(58)52(32)33-12-13-34(54)46-38(33)56/h4,7,10,24,27,29,31,33H,3,5-6,8-9,11-23,25-26H2,1-2H3,(H,44,45,47)(H,46,54,56). The zero-order valence-corrected chi connectivity index (χ0v) is 35.9. The molecule has 2 saturated carbocycles. The van der Waals surface area contributed by atoms with Crippen LogP contribution in [0.4, 0.5) is 11.8 Å². The Morgan fingerprint density at radius 2 is 1.74 bits per heavy atom. The van der Waals surface area contributed by atoms with Gasteiger partial charge in [0, 0.05) is 88.4 Å². The lowest BCUT2D eigenvalue weighted by Crippen LogP contribution is -2.49. The van der Waals surface area contributed by atoms with Gasteiger partial charge in [0.05, 0.1) is 16.4 Å². The highest BCUT2D eigenvalue weighted by Crippen LogP contribution is 2.58. The monoisotopic (exact) mass is 856 g/mol. The number of aromatic nitrogens is 4. The number of hydrogen-bond donors (Lipinski definition) is 2. The van der Waals surface area contributed by atoms with Gasteiger partial charge in [-0.25, -0.2) is 9.78 Å². The third-order valence-corrected chi connectivity index (χ3v) is 17.2. The summed E-state index contributed by atoms with van der Waals surface area (Å²) in [6.45, 7) is 4.96. The van der Waals surface area contributed by atoms with Gasteiger partial charge >= 0.3 is 5.69 Å². The molecule has 2 N–H and O–H groups in total. The summed E-state index contributed by atoms with van der Waals surface area (Å²) in [5.74, 6) is 1.11. The average molecular weight is 857 g/mol. The van der Waals surface area contributed by atoms with Crippen molar-refractivity contribution in [3.63, 3.8) is 0 Å². The van der Waals surface area contributed by atoms with Gasteiger partial charge in [-0.05, 0) is 88.2 Å². The molecular weight excluding hydrogens is 801 g/mol. The molecule has 4 unspecified atom stereocenters. The number of para-hydroxylation sites is 1. The first kappa shape index (κ1) is 40.4. The third-order valence-electron chi connectivity index (χ3n) is 15.2. The van der Waals surface area contributed by atoms with E-state index in [0.29, 0.717) is 95.2 Å². The van der Waals surface area contributed by atoms with E-state index in [1.807, 2.05) is 34.2 Å². The number of carbonyl (C=O) groups excluding carboxylic acids is 4. The van der Waals surface area contributed by atoms with Crippen LogP contribution >= 0.6 is 0 Å². The highest BCUT2D eigenvalue weighted by Gasteiger charge is 2.62. The maximum absolute atomic E-state index is 14.0. The first-order valence-corrected chi connectivity index (χ1v) is 23.7. The summed E-state index contributed by atoms with van der Waals surface area (Å²) in [6, 6.07) is 5.03. The Labute approximate surface area is 355 Å². The number of amides is 4. The molecule has 2 spiro atoms. The lowest BCUT2D eigenvalue weighted by atomic mass is 9.86. The predicted molar refractivity (Wildman–Crippen MR) is 226 cm³/mol. The van der Waals surface area contributed by atoms with Crippen LogP contribution in [-0.2, 0) is 48.3 Å². The summed E-state index contributed by atoms with van der Waals surface area (Å²) in [5.41, 5.74) is 2.20. The number of piperidine rings is 2. The highest BCUT2D eigenvalue weighted by molar-refractivity contribution is 7.86. The molecule has 1 aromatic carbocycles. The second-order valence-electron chi connectivity index (χ2n) is 19.0. The molecule has 6 fully saturated rings. The van der Waals surface area contributed by atoms with E-state index in [4.69, 9.17) is 4.98 Å². The number of aryl methyl sites for hydroxylation is 2. The smallest absolute Gasteiger partial charge is 0.329 e. The zero-order valence-electron chi connectivity index (χ0n) is 35.1. The van der Waals surface area contributed by atoms with Gasteiger partial charge in [-0.1, -0.05) is 25.5 Å². The zero-order chi connectivity index (χ0) is 42.4. The summed E-state index contributed by atoms with van der Waals surface area (Å²) >= 11 is 0. The third kappa shape index (κ3) is 6.78. The molecule has 17 nitrogen and oxygen atoms in total. The quantitative estimate of drug-likeness (QED) is 0.287. The molecule has 4 amide bonds. The lowest BCUT2D eigenvalue weighted by Gasteiger charge is -2.34. The fraction of sp³-hybridized carbons (Fsp3) is 0.651. The van der Waals surface area contributed by atoms with Gasteiger partial charge in [0.1, 0.15) is 11.9 Å². The number of hydrogen-bond acceptors (Lipinski definition) is 10. The molecule has 2 aliphatic carbocycles. The maximum Gasteiger partial charge on any atom is 0.329 e. The number of fused-ring (bicyclic) bond motifs is 3. The fourth-order valence-electron chi connectivity index (χ4n) is 11.5. The Balaban J connectivity index is 0.719. The normalized spacial score (nSPS) is 28.2. The van der Waals surface area contributed by atoms with Crippen molar-refractivity contribution >= 4 is 56.6 Å². The van der Waals surface area contributed by atoms with Crippen LogP contribution in [0.3, 0.4) is 0 Å². The molecule has 4 saturated heterocycles. The number of rotatable bonds is 10. The van der Waals surface area contributed by atoms with Gasteiger partial charge in [-0.15, -0.1) is 0 Å². The molecule has 10 rings (SSSR count). The lowest BCUT2D eigenvalue weighted by molar-refractivity contribution is -0.136. The summed E-state index contributed by atoms with van der Waals surface area (Å²) in [6.07, 6.45) is 11.4. The van der Waals surface area contributed by atoms with Crippen LogP contribution in [0.15, 0.2) is 29.2 Å². The predicted octanol–water partition coefficient (Wildman–Crippen LogP) is 2.74. The topological polar surface area (TPSA) is 192 Å². The summed E-state index contributed by atoms with van der Waals surface area (Å²) in [4.78, 5) is 78.4. The summed E-state index contributed by atoms with van der Waals surface area (Å²) in [5, 5.41) is 5.82. The van der Waals surface area contributed by atoms with Crippen LogP contribution in [0.1, 0.15) is 108 Å². The first-order valence-electron chi connectivity index (χ1n) is 22.3. The van der Waals surface area contributed by atoms with Crippen molar-refractivity contribution < 1.29 is 27.6 Å². The minimum atomic E-state index is -3.69. The Morgan fingerprint density at radius 1 is 0.951 bits per heavy atom. The molecule has 0 bridgehead atoms. The molecular formula is C43H56N10O7S. The Bertz CT molecular complexity index is 2490. The number of imide groups is 1. The SMILES string of the molecule is CC1CCCC1N1C(=O)C2(CC2)c2cnc(NC3CCN(S(=O)(=O)N4CCC5(CCN(C(=O)CCCc6cccc7c6n(C)c(=O)n7C6CCC(=O)NC6=O)C5)C4)CC3)nc21. The Hall–Kier alpha value is -4.68. The summed E-state index contributed by atoms with van der Waals surface area (Å²) in [7, 11) is -2.01. The highest BCUT2D eigenvalue weighted by atomic mass is 32.2. The number of nitrogens with one attached hydrogen (secondary N) is 2. The molecule has 326 valence electrons. The van der Waals surface area contributed by atoms with E-state index in [1.165, 1.54) is 4.57 Å². The summed E-state index contributed by atoms with van der Waals surface area (Å²) < 4.78 is 34.2. The van der Waals surface area contributed by atoms with Gasteiger partial charge < -0.3 is 10.2 Å². The minimum absolute atomic E-state index is 0.00778. The van der Waals surface area contributed by atoms with E-state index >= 15 is 0 Å². The second kappa shape index (κ2) is 15.0. The van der Waals surface area contributed by atoms with E-state index in [-0.39, 0.29) is 53.8 Å². The number of likely N-dealkylation sites (tertiary alicyclic amines) is 1. The number of imidazole rings is 1. The van der Waals surface area contributed by atoms with E-state index in [9.17, 15) is 32.4 Å². The number of nitrogens with zero attached hydrogens (tertiary/aromatic N) is 8. The van der Waals surface area contributed by atoms with Crippen LogP contribution in [0.25, 0.3) is 11.0 Å². The van der Waals surface area contributed by atoms with E-state index < -0.39 is 27.6 Å². The molecule has 5 aliphatic heterocycles. The molecule has 3 aromatic rings. The van der Waals surface area contributed by atoms with E-state index in [1.54, 1.807) is 20.2 Å². The Morgan fingerprint density at radius 3 is 2.48 bits per heavy atom.